The SMILES string of the molecule is Cc1cnn2nc(C3CC3c3cc(C)c4c(C(C)(C)C)c(C5CC5)nn4n3)c(C(C)(C)C)c2c1. The highest BCUT2D eigenvalue weighted by molar-refractivity contribution is 5.66. The van der Waals surface area contributed by atoms with Crippen LogP contribution in [-0.4, -0.2) is 29.7 Å². The molecule has 2 aliphatic carbocycles. The summed E-state index contributed by atoms with van der Waals surface area (Å²) in [6.07, 6.45) is 5.47. The topological polar surface area (TPSA) is 60.4 Å². The van der Waals surface area contributed by atoms with Crippen molar-refractivity contribution in [3.8, 4) is 0 Å². The molecule has 2 atom stereocenters. The second-order valence-electron chi connectivity index (χ2n) is 12.7. The van der Waals surface area contributed by atoms with Gasteiger partial charge in [-0.05, 0) is 67.2 Å². The van der Waals surface area contributed by atoms with Crippen LogP contribution in [0.4, 0.5) is 0 Å². The van der Waals surface area contributed by atoms with E-state index in [1.807, 2.05) is 15.5 Å². The molecule has 4 aromatic heterocycles. The number of aryl methyl sites for hydroxylation is 2. The molecule has 2 fully saturated rings. The molecule has 0 aromatic carbocycles. The maximum absolute atomic E-state index is 5.09. The summed E-state index contributed by atoms with van der Waals surface area (Å²) in [7, 11) is 0. The maximum atomic E-state index is 5.09. The summed E-state index contributed by atoms with van der Waals surface area (Å²) in [6.45, 7) is 18.0. The first-order chi connectivity index (χ1) is 15.9. The zero-order valence-electron chi connectivity index (χ0n) is 21.8. The highest BCUT2D eigenvalue weighted by Gasteiger charge is 2.46. The van der Waals surface area contributed by atoms with Crippen molar-refractivity contribution in [2.45, 2.75) is 103 Å². The van der Waals surface area contributed by atoms with Crippen LogP contribution in [0.2, 0.25) is 0 Å². The van der Waals surface area contributed by atoms with Gasteiger partial charge in [-0.3, -0.25) is 0 Å². The molecular formula is C28H36N6. The van der Waals surface area contributed by atoms with Gasteiger partial charge in [-0.15, -0.1) is 0 Å². The van der Waals surface area contributed by atoms with Crippen LogP contribution in [0, 0.1) is 13.8 Å². The van der Waals surface area contributed by atoms with Crippen molar-refractivity contribution in [3.05, 3.63) is 57.7 Å². The van der Waals surface area contributed by atoms with Gasteiger partial charge in [0.15, 0.2) is 0 Å². The normalized spacial score (nSPS) is 21.1. The molecule has 0 amide bonds. The number of fused-ring (bicyclic) bond motifs is 2. The molecule has 2 aliphatic rings. The number of nitrogens with zero attached hydrogens (tertiary/aromatic N) is 6. The van der Waals surface area contributed by atoms with Crippen LogP contribution in [0.15, 0.2) is 18.3 Å². The first-order valence-electron chi connectivity index (χ1n) is 12.7. The van der Waals surface area contributed by atoms with Gasteiger partial charge in [0.05, 0.1) is 34.3 Å². The molecule has 6 rings (SSSR count). The molecule has 2 saturated carbocycles. The quantitative estimate of drug-likeness (QED) is 0.372. The van der Waals surface area contributed by atoms with Crippen LogP contribution in [0.25, 0.3) is 11.0 Å². The monoisotopic (exact) mass is 456 g/mol. The van der Waals surface area contributed by atoms with Gasteiger partial charge in [0.1, 0.15) is 0 Å². The minimum Gasteiger partial charge on any atom is -0.158 e. The van der Waals surface area contributed by atoms with E-state index < -0.39 is 0 Å². The van der Waals surface area contributed by atoms with Gasteiger partial charge < -0.3 is 0 Å². The van der Waals surface area contributed by atoms with Crippen LogP contribution in [0.5, 0.6) is 0 Å². The van der Waals surface area contributed by atoms with Crippen LogP contribution < -0.4 is 0 Å². The first kappa shape index (κ1) is 21.8. The Bertz CT molecular complexity index is 1440. The number of rotatable bonds is 3. The highest BCUT2D eigenvalue weighted by Crippen LogP contribution is 2.56. The molecule has 4 heterocycles. The molecule has 2 unspecified atom stereocenters. The van der Waals surface area contributed by atoms with E-state index in [4.69, 9.17) is 15.3 Å². The van der Waals surface area contributed by atoms with E-state index in [-0.39, 0.29) is 10.8 Å². The fraction of sp³-hybridized carbons (Fsp3) is 0.571. The Balaban J connectivity index is 1.43. The van der Waals surface area contributed by atoms with Gasteiger partial charge in [0.2, 0.25) is 0 Å². The Morgan fingerprint density at radius 3 is 2.12 bits per heavy atom. The molecule has 0 saturated heterocycles. The number of aromatic nitrogens is 6. The van der Waals surface area contributed by atoms with Crippen molar-refractivity contribution < 1.29 is 0 Å². The highest BCUT2D eigenvalue weighted by atomic mass is 15.4. The molecule has 6 heteroatoms. The number of hydrogen-bond donors (Lipinski definition) is 0. The van der Waals surface area contributed by atoms with Crippen molar-refractivity contribution in [3.63, 3.8) is 0 Å². The predicted molar refractivity (Wildman–Crippen MR) is 135 cm³/mol. The molecule has 4 aromatic rings. The van der Waals surface area contributed by atoms with Crippen molar-refractivity contribution in [2.24, 2.45) is 0 Å². The lowest BCUT2D eigenvalue weighted by Crippen LogP contribution is -2.14. The Morgan fingerprint density at radius 2 is 1.47 bits per heavy atom. The average Bonchev–Trinajstić information content (AvgIpc) is 3.64. The fourth-order valence-corrected chi connectivity index (χ4v) is 5.75. The summed E-state index contributed by atoms with van der Waals surface area (Å²) in [5.74, 6) is 1.36. The minimum atomic E-state index is -0.00421. The summed E-state index contributed by atoms with van der Waals surface area (Å²) in [5, 5.41) is 19.7. The van der Waals surface area contributed by atoms with Gasteiger partial charge in [-0.25, -0.2) is 0 Å². The lowest BCUT2D eigenvalue weighted by molar-refractivity contribution is 0.586. The van der Waals surface area contributed by atoms with E-state index in [9.17, 15) is 0 Å². The molecular weight excluding hydrogens is 420 g/mol. The van der Waals surface area contributed by atoms with E-state index in [1.165, 1.54) is 52.0 Å². The Labute approximate surface area is 201 Å². The van der Waals surface area contributed by atoms with E-state index in [0.29, 0.717) is 17.8 Å². The molecule has 34 heavy (non-hydrogen) atoms. The Morgan fingerprint density at radius 1 is 0.794 bits per heavy atom. The van der Waals surface area contributed by atoms with Crippen LogP contribution in [-0.2, 0) is 10.8 Å². The third-order valence-corrected chi connectivity index (χ3v) is 7.49. The molecule has 0 radical (unpaired) electrons. The van der Waals surface area contributed by atoms with Gasteiger partial charge in [-0.2, -0.15) is 29.7 Å². The molecule has 0 spiro atoms. The minimum absolute atomic E-state index is 0.00421. The van der Waals surface area contributed by atoms with E-state index in [0.717, 1.165) is 17.6 Å². The molecule has 0 N–H and O–H groups in total. The molecule has 178 valence electrons. The molecule has 0 bridgehead atoms. The van der Waals surface area contributed by atoms with Crippen molar-refractivity contribution in [1.29, 1.82) is 0 Å². The summed E-state index contributed by atoms with van der Waals surface area (Å²) in [6, 6.07) is 4.52. The van der Waals surface area contributed by atoms with E-state index in [2.05, 4.69) is 72.6 Å². The van der Waals surface area contributed by atoms with Crippen molar-refractivity contribution >= 4 is 11.0 Å². The average molecular weight is 457 g/mol. The standard InChI is InChI=1S/C28H36N6/c1-15-11-21-22(27(3,4)5)25(32-33(21)29-14-15)19-13-18(19)20-12-16(2)26-23(28(6,7)8)24(17-9-10-17)31-34(26)30-20/h11-12,14,17-19H,9-10,13H2,1-8H3. The van der Waals surface area contributed by atoms with E-state index in [1.54, 1.807) is 0 Å². The van der Waals surface area contributed by atoms with Crippen LogP contribution in [0.3, 0.4) is 0 Å². The van der Waals surface area contributed by atoms with Crippen LogP contribution in [0.1, 0.15) is 118 Å². The van der Waals surface area contributed by atoms with Gasteiger partial charge in [-0.1, -0.05) is 41.5 Å². The summed E-state index contributed by atoms with van der Waals surface area (Å²) >= 11 is 0. The van der Waals surface area contributed by atoms with Crippen molar-refractivity contribution in [2.75, 3.05) is 0 Å². The van der Waals surface area contributed by atoms with Gasteiger partial charge in [0.25, 0.3) is 0 Å². The summed E-state index contributed by atoms with van der Waals surface area (Å²) < 4.78 is 3.78. The Kier molecular flexibility index (Phi) is 4.41. The summed E-state index contributed by atoms with van der Waals surface area (Å²) in [5.41, 5.74) is 11.1. The second-order valence-corrected chi connectivity index (χ2v) is 12.7. The maximum Gasteiger partial charge on any atom is 0.0942 e. The zero-order valence-corrected chi connectivity index (χ0v) is 21.8. The largest absolute Gasteiger partial charge is 0.158 e. The third-order valence-electron chi connectivity index (χ3n) is 7.49. The summed E-state index contributed by atoms with van der Waals surface area (Å²) in [4.78, 5) is 0. The fourth-order valence-electron chi connectivity index (χ4n) is 5.75. The van der Waals surface area contributed by atoms with E-state index >= 15 is 0 Å². The predicted octanol–water partition coefficient (Wildman–Crippen LogP) is 6.13. The second kappa shape index (κ2) is 6.89. The Hall–Kier alpha value is -2.76. The van der Waals surface area contributed by atoms with Gasteiger partial charge >= 0.3 is 0 Å². The lowest BCUT2D eigenvalue weighted by Gasteiger charge is -2.20. The molecule has 0 aliphatic heterocycles. The third kappa shape index (κ3) is 3.37. The lowest BCUT2D eigenvalue weighted by atomic mass is 9.84. The van der Waals surface area contributed by atoms with Crippen LogP contribution >= 0.6 is 0 Å². The first-order valence-corrected chi connectivity index (χ1v) is 12.7. The smallest absolute Gasteiger partial charge is 0.0942 e. The molecule has 6 nitrogen and oxygen atoms in total. The van der Waals surface area contributed by atoms with Crippen molar-refractivity contribution in [1.82, 2.24) is 29.7 Å². The number of hydrogen-bond acceptors (Lipinski definition) is 4. The zero-order chi connectivity index (χ0) is 24.2. The van der Waals surface area contributed by atoms with Gasteiger partial charge in [0, 0.05) is 28.9 Å².